The first-order valence-corrected chi connectivity index (χ1v) is 9.45. The Morgan fingerprint density at radius 2 is 1.93 bits per heavy atom. The molecule has 0 aliphatic carbocycles. The minimum Gasteiger partial charge on any atom is -0.337 e. The summed E-state index contributed by atoms with van der Waals surface area (Å²) >= 11 is 1.53. The molecule has 7 heteroatoms. The van der Waals surface area contributed by atoms with Crippen LogP contribution in [0, 0.1) is 13.8 Å². The molecular weight excluding hydrogens is 358 g/mol. The number of hydrogen-bond donors (Lipinski definition) is 2. The van der Waals surface area contributed by atoms with Gasteiger partial charge in [0.15, 0.2) is 5.82 Å². The third-order valence-electron chi connectivity index (χ3n) is 4.31. The summed E-state index contributed by atoms with van der Waals surface area (Å²) in [5.41, 5.74) is 8.07. The molecule has 0 saturated heterocycles. The average molecular weight is 377 g/mol. The highest BCUT2D eigenvalue weighted by Crippen LogP contribution is 2.24. The number of thiazole rings is 1. The van der Waals surface area contributed by atoms with Gasteiger partial charge in [0.25, 0.3) is 0 Å². The van der Waals surface area contributed by atoms with Crippen LogP contribution in [0.2, 0.25) is 0 Å². The zero-order chi connectivity index (χ0) is 19.0. The molecule has 4 aromatic rings. The van der Waals surface area contributed by atoms with Gasteiger partial charge in [-0.1, -0.05) is 6.07 Å². The maximum absolute atomic E-state index is 12.6. The number of carbonyl (C=O) groups excluding carboxylic acids is 1. The van der Waals surface area contributed by atoms with Crippen molar-refractivity contribution < 1.29 is 4.79 Å². The van der Waals surface area contributed by atoms with Crippen molar-refractivity contribution in [1.82, 2.24) is 15.0 Å². The molecule has 2 amide bonds. The lowest BCUT2D eigenvalue weighted by Gasteiger charge is -2.19. The Labute approximate surface area is 160 Å². The van der Waals surface area contributed by atoms with Crippen molar-refractivity contribution in [3.63, 3.8) is 0 Å². The van der Waals surface area contributed by atoms with Crippen molar-refractivity contribution in [2.24, 2.45) is 0 Å². The summed E-state index contributed by atoms with van der Waals surface area (Å²) in [5.74, 6) is 0.724. The quantitative estimate of drug-likeness (QED) is 0.529. The first-order chi connectivity index (χ1) is 13.0. The molecule has 0 fully saturated rings. The Morgan fingerprint density at radius 3 is 2.63 bits per heavy atom. The van der Waals surface area contributed by atoms with Crippen LogP contribution in [0.3, 0.4) is 0 Å². The lowest BCUT2D eigenvalue weighted by molar-refractivity contribution is 0.258. The van der Waals surface area contributed by atoms with Gasteiger partial charge >= 0.3 is 6.03 Å². The SMILES string of the molecule is Cc1cc(C)cc(N(C)C(=O)Nc2ccc3[nH]c(-c4cscn4)nc3c2)c1. The Bertz CT molecular complexity index is 1100. The second kappa shape index (κ2) is 6.85. The fourth-order valence-electron chi connectivity index (χ4n) is 3.00. The van der Waals surface area contributed by atoms with Crippen molar-refractivity contribution in [3.05, 3.63) is 58.4 Å². The number of rotatable bonds is 3. The molecule has 2 heterocycles. The average Bonchev–Trinajstić information content (AvgIpc) is 3.29. The van der Waals surface area contributed by atoms with Crippen LogP contribution >= 0.6 is 11.3 Å². The van der Waals surface area contributed by atoms with E-state index in [1.165, 1.54) is 11.3 Å². The Hall–Kier alpha value is -3.19. The topological polar surface area (TPSA) is 73.9 Å². The van der Waals surface area contributed by atoms with Gasteiger partial charge < -0.3 is 10.3 Å². The van der Waals surface area contributed by atoms with Crippen LogP contribution in [0.5, 0.6) is 0 Å². The molecule has 2 aromatic carbocycles. The van der Waals surface area contributed by atoms with E-state index in [9.17, 15) is 4.79 Å². The number of aryl methyl sites for hydroxylation is 2. The van der Waals surface area contributed by atoms with Crippen molar-refractivity contribution in [2.45, 2.75) is 13.8 Å². The van der Waals surface area contributed by atoms with E-state index in [4.69, 9.17) is 0 Å². The Kier molecular flexibility index (Phi) is 4.37. The predicted octanol–water partition coefficient (Wildman–Crippen LogP) is 4.97. The van der Waals surface area contributed by atoms with Crippen LogP contribution in [-0.2, 0) is 0 Å². The third kappa shape index (κ3) is 3.54. The number of anilines is 2. The first kappa shape index (κ1) is 17.2. The standard InChI is InChI=1S/C20H19N5OS/c1-12-6-13(2)8-15(7-12)25(3)20(26)22-14-4-5-16-17(9-14)24-19(23-16)18-10-27-11-21-18/h4-11H,1-3H3,(H,22,26)(H,23,24). The number of urea groups is 1. The van der Waals surface area contributed by atoms with Crippen LogP contribution < -0.4 is 10.2 Å². The van der Waals surface area contributed by atoms with Crippen LogP contribution in [0.15, 0.2) is 47.3 Å². The fourth-order valence-corrected chi connectivity index (χ4v) is 3.54. The van der Waals surface area contributed by atoms with Gasteiger partial charge in [-0.05, 0) is 55.3 Å². The number of aromatic amines is 1. The van der Waals surface area contributed by atoms with Crippen molar-refractivity contribution in [3.8, 4) is 11.5 Å². The molecule has 2 aromatic heterocycles. The lowest BCUT2D eigenvalue weighted by atomic mass is 10.1. The molecule has 27 heavy (non-hydrogen) atoms. The van der Waals surface area contributed by atoms with Gasteiger partial charge in [0.05, 0.1) is 16.5 Å². The van der Waals surface area contributed by atoms with Gasteiger partial charge in [0, 0.05) is 23.8 Å². The van der Waals surface area contributed by atoms with Crippen molar-refractivity contribution >= 4 is 39.8 Å². The number of hydrogen-bond acceptors (Lipinski definition) is 4. The Balaban J connectivity index is 1.56. The number of aromatic nitrogens is 3. The van der Waals surface area contributed by atoms with Crippen LogP contribution in [0.25, 0.3) is 22.6 Å². The van der Waals surface area contributed by atoms with E-state index >= 15 is 0 Å². The molecule has 2 N–H and O–H groups in total. The monoisotopic (exact) mass is 377 g/mol. The molecular formula is C20H19N5OS. The summed E-state index contributed by atoms with van der Waals surface area (Å²) in [6.45, 7) is 4.04. The molecule has 4 rings (SSSR count). The Morgan fingerprint density at radius 1 is 1.15 bits per heavy atom. The van der Waals surface area contributed by atoms with E-state index in [1.807, 2.05) is 49.6 Å². The van der Waals surface area contributed by atoms with Gasteiger partial charge in [-0.3, -0.25) is 4.90 Å². The maximum Gasteiger partial charge on any atom is 0.326 e. The third-order valence-corrected chi connectivity index (χ3v) is 4.89. The highest BCUT2D eigenvalue weighted by Gasteiger charge is 2.13. The second-order valence-corrected chi connectivity index (χ2v) is 7.24. The number of amides is 2. The van der Waals surface area contributed by atoms with E-state index in [0.717, 1.165) is 39.4 Å². The number of imidazole rings is 1. The lowest BCUT2D eigenvalue weighted by Crippen LogP contribution is -2.31. The smallest absolute Gasteiger partial charge is 0.326 e. The predicted molar refractivity (Wildman–Crippen MR) is 111 cm³/mol. The van der Waals surface area contributed by atoms with Crippen LogP contribution in [0.4, 0.5) is 16.2 Å². The zero-order valence-electron chi connectivity index (χ0n) is 15.3. The molecule has 136 valence electrons. The number of nitrogens with zero attached hydrogens (tertiary/aromatic N) is 3. The number of nitrogens with one attached hydrogen (secondary N) is 2. The minimum atomic E-state index is -0.199. The minimum absolute atomic E-state index is 0.199. The molecule has 6 nitrogen and oxygen atoms in total. The normalized spacial score (nSPS) is 10.9. The summed E-state index contributed by atoms with van der Waals surface area (Å²) in [6, 6.07) is 11.5. The largest absolute Gasteiger partial charge is 0.337 e. The van der Waals surface area contributed by atoms with E-state index in [-0.39, 0.29) is 6.03 Å². The summed E-state index contributed by atoms with van der Waals surface area (Å²) in [6.07, 6.45) is 0. The van der Waals surface area contributed by atoms with Crippen molar-refractivity contribution in [2.75, 3.05) is 17.3 Å². The first-order valence-electron chi connectivity index (χ1n) is 8.51. The van der Waals surface area contributed by atoms with E-state index in [2.05, 4.69) is 26.3 Å². The molecule has 0 bridgehead atoms. The van der Waals surface area contributed by atoms with Crippen LogP contribution in [-0.4, -0.2) is 28.0 Å². The van der Waals surface area contributed by atoms with Gasteiger partial charge in [-0.2, -0.15) is 0 Å². The summed E-state index contributed by atoms with van der Waals surface area (Å²) < 4.78 is 0. The van der Waals surface area contributed by atoms with E-state index in [1.54, 1.807) is 17.5 Å². The number of carbonyl (C=O) groups is 1. The highest BCUT2D eigenvalue weighted by molar-refractivity contribution is 7.07. The van der Waals surface area contributed by atoms with Gasteiger partial charge in [0.1, 0.15) is 5.69 Å². The van der Waals surface area contributed by atoms with Gasteiger partial charge in [0.2, 0.25) is 0 Å². The molecule has 0 unspecified atom stereocenters. The maximum atomic E-state index is 12.6. The fraction of sp³-hybridized carbons (Fsp3) is 0.150. The van der Waals surface area contributed by atoms with Gasteiger partial charge in [-0.15, -0.1) is 11.3 Å². The van der Waals surface area contributed by atoms with Gasteiger partial charge in [-0.25, -0.2) is 14.8 Å². The van der Waals surface area contributed by atoms with Crippen molar-refractivity contribution in [1.29, 1.82) is 0 Å². The van der Waals surface area contributed by atoms with Crippen LogP contribution in [0.1, 0.15) is 11.1 Å². The van der Waals surface area contributed by atoms with E-state index < -0.39 is 0 Å². The number of H-pyrrole nitrogens is 1. The summed E-state index contributed by atoms with van der Waals surface area (Å²) in [5, 5.41) is 4.88. The number of fused-ring (bicyclic) bond motifs is 1. The molecule has 0 radical (unpaired) electrons. The molecule has 0 saturated carbocycles. The number of benzene rings is 2. The molecule has 0 aliphatic rings. The molecule has 0 aliphatic heterocycles. The summed E-state index contributed by atoms with van der Waals surface area (Å²) in [4.78, 5) is 26.3. The highest BCUT2D eigenvalue weighted by atomic mass is 32.1. The van der Waals surface area contributed by atoms with E-state index in [0.29, 0.717) is 5.69 Å². The molecule has 0 atom stereocenters. The zero-order valence-corrected chi connectivity index (χ0v) is 16.1. The second-order valence-electron chi connectivity index (χ2n) is 6.53. The molecule has 0 spiro atoms. The summed E-state index contributed by atoms with van der Waals surface area (Å²) in [7, 11) is 1.76.